The maximum absolute atomic E-state index is 12.0. The molecule has 0 spiro atoms. The first kappa shape index (κ1) is 10.9. The second-order valence-electron chi connectivity index (χ2n) is 3.81. The second-order valence-corrected chi connectivity index (χ2v) is 3.81. The van der Waals surface area contributed by atoms with Crippen molar-refractivity contribution in [2.75, 3.05) is 6.67 Å². The van der Waals surface area contributed by atoms with E-state index in [0.717, 1.165) is 30.2 Å². The molecule has 0 N–H and O–H groups in total. The second kappa shape index (κ2) is 4.92. The van der Waals surface area contributed by atoms with Gasteiger partial charge in [0.1, 0.15) is 0 Å². The largest absolute Gasteiger partial charge is 0.347 e. The zero-order chi connectivity index (χ0) is 11.4. The summed E-state index contributed by atoms with van der Waals surface area (Å²) in [4.78, 5) is 10.9. The molecular formula is C13H14FNO. The fraction of sp³-hybridized carbons (Fsp3) is 0.308. The summed E-state index contributed by atoms with van der Waals surface area (Å²) >= 11 is 0. The molecule has 0 aliphatic rings. The van der Waals surface area contributed by atoms with Gasteiger partial charge in [0.25, 0.3) is 0 Å². The first-order valence-corrected chi connectivity index (χ1v) is 5.46. The molecule has 2 nitrogen and oxygen atoms in total. The molecule has 0 radical (unpaired) electrons. The summed E-state index contributed by atoms with van der Waals surface area (Å²) in [6.07, 6.45) is 4.08. The van der Waals surface area contributed by atoms with E-state index in [0.29, 0.717) is 12.0 Å². The molecule has 1 aromatic heterocycles. The lowest BCUT2D eigenvalue weighted by Gasteiger charge is -2.03. The molecular weight excluding hydrogens is 205 g/mol. The van der Waals surface area contributed by atoms with Gasteiger partial charge >= 0.3 is 0 Å². The normalized spacial score (nSPS) is 10.8. The number of hydrogen-bond acceptors (Lipinski definition) is 1. The van der Waals surface area contributed by atoms with Crippen LogP contribution in [-0.2, 0) is 6.54 Å². The molecule has 16 heavy (non-hydrogen) atoms. The minimum Gasteiger partial charge on any atom is -0.347 e. The van der Waals surface area contributed by atoms with Crippen molar-refractivity contribution in [2.45, 2.75) is 19.4 Å². The number of aldehydes is 1. The Labute approximate surface area is 93.7 Å². The zero-order valence-corrected chi connectivity index (χ0v) is 9.03. The van der Waals surface area contributed by atoms with Crippen LogP contribution in [0.4, 0.5) is 4.39 Å². The number of carbonyl (C=O) groups is 1. The van der Waals surface area contributed by atoms with Crippen molar-refractivity contribution in [3.8, 4) is 0 Å². The Kier molecular flexibility index (Phi) is 3.34. The van der Waals surface area contributed by atoms with E-state index in [1.54, 1.807) is 0 Å². The molecule has 0 atom stereocenters. The summed E-state index contributed by atoms with van der Waals surface area (Å²) in [6.45, 7) is 0.484. The molecule has 0 aliphatic carbocycles. The van der Waals surface area contributed by atoms with Crippen LogP contribution in [0, 0.1) is 0 Å². The van der Waals surface area contributed by atoms with Gasteiger partial charge in [-0.2, -0.15) is 0 Å². The van der Waals surface area contributed by atoms with E-state index in [1.165, 1.54) is 0 Å². The third-order valence-corrected chi connectivity index (χ3v) is 2.73. The number of fused-ring (bicyclic) bond motifs is 1. The Morgan fingerprint density at radius 1 is 1.25 bits per heavy atom. The van der Waals surface area contributed by atoms with Gasteiger partial charge in [-0.05, 0) is 18.9 Å². The third-order valence-electron chi connectivity index (χ3n) is 2.73. The highest BCUT2D eigenvalue weighted by Crippen LogP contribution is 2.20. The highest BCUT2D eigenvalue weighted by Gasteiger charge is 2.06. The monoisotopic (exact) mass is 219 g/mol. The molecule has 0 aliphatic heterocycles. The van der Waals surface area contributed by atoms with Crippen LogP contribution in [0.3, 0.4) is 0 Å². The zero-order valence-electron chi connectivity index (χ0n) is 9.03. The van der Waals surface area contributed by atoms with Gasteiger partial charge in [-0.15, -0.1) is 0 Å². The lowest BCUT2D eigenvalue weighted by Crippen LogP contribution is -1.96. The summed E-state index contributed by atoms with van der Waals surface area (Å²) in [7, 11) is 0. The first-order chi connectivity index (χ1) is 7.86. The number of alkyl halides is 1. The lowest BCUT2D eigenvalue weighted by atomic mass is 10.2. The van der Waals surface area contributed by atoms with E-state index in [4.69, 9.17) is 0 Å². The molecule has 1 aromatic carbocycles. The van der Waals surface area contributed by atoms with Gasteiger partial charge in [0.2, 0.25) is 0 Å². The SMILES string of the molecule is O=Cc1cn(CCCCF)c2ccccc12. The highest BCUT2D eigenvalue weighted by molar-refractivity contribution is 5.97. The van der Waals surface area contributed by atoms with Crippen LogP contribution in [0.1, 0.15) is 23.2 Å². The molecule has 0 amide bonds. The topological polar surface area (TPSA) is 22.0 Å². The van der Waals surface area contributed by atoms with Crippen molar-refractivity contribution in [2.24, 2.45) is 0 Å². The Morgan fingerprint density at radius 2 is 2.06 bits per heavy atom. The van der Waals surface area contributed by atoms with Crippen molar-refractivity contribution in [3.05, 3.63) is 36.0 Å². The third kappa shape index (κ3) is 1.98. The fourth-order valence-corrected chi connectivity index (χ4v) is 1.93. The maximum atomic E-state index is 12.0. The van der Waals surface area contributed by atoms with Crippen LogP contribution >= 0.6 is 0 Å². The number of halogens is 1. The van der Waals surface area contributed by atoms with Crippen LogP contribution < -0.4 is 0 Å². The molecule has 0 fully saturated rings. The average molecular weight is 219 g/mol. The summed E-state index contributed by atoms with van der Waals surface area (Å²) < 4.78 is 14.0. The minimum atomic E-state index is -0.278. The van der Waals surface area contributed by atoms with E-state index < -0.39 is 0 Å². The maximum Gasteiger partial charge on any atom is 0.152 e. The van der Waals surface area contributed by atoms with Crippen molar-refractivity contribution in [1.82, 2.24) is 4.57 Å². The lowest BCUT2D eigenvalue weighted by molar-refractivity contribution is 0.112. The Bertz CT molecular complexity index is 490. The molecule has 3 heteroatoms. The molecule has 0 saturated carbocycles. The van der Waals surface area contributed by atoms with Gasteiger partial charge in [-0.1, -0.05) is 18.2 Å². The number of benzene rings is 1. The standard InChI is InChI=1S/C13H14FNO/c14-7-3-4-8-15-9-11(10-16)12-5-1-2-6-13(12)15/h1-2,5-6,9-10H,3-4,7-8H2. The number of nitrogens with zero attached hydrogens (tertiary/aromatic N) is 1. The van der Waals surface area contributed by atoms with Crippen LogP contribution in [0.5, 0.6) is 0 Å². The van der Waals surface area contributed by atoms with Gasteiger partial charge < -0.3 is 4.57 Å². The summed E-state index contributed by atoms with van der Waals surface area (Å²) in [5, 5.41) is 0.970. The van der Waals surface area contributed by atoms with E-state index in [-0.39, 0.29) is 6.67 Å². The number of aryl methyl sites for hydroxylation is 1. The van der Waals surface area contributed by atoms with E-state index >= 15 is 0 Å². The molecule has 0 saturated heterocycles. The Hall–Kier alpha value is -1.64. The van der Waals surface area contributed by atoms with Crippen molar-refractivity contribution in [3.63, 3.8) is 0 Å². The average Bonchev–Trinajstić information content (AvgIpc) is 2.68. The summed E-state index contributed by atoms with van der Waals surface area (Å²) in [5.74, 6) is 0. The fourth-order valence-electron chi connectivity index (χ4n) is 1.93. The minimum absolute atomic E-state index is 0.278. The predicted molar refractivity (Wildman–Crippen MR) is 62.5 cm³/mol. The number of para-hydroxylation sites is 1. The van der Waals surface area contributed by atoms with Gasteiger partial charge in [0.05, 0.1) is 6.67 Å². The summed E-state index contributed by atoms with van der Waals surface area (Å²) in [5.41, 5.74) is 1.75. The van der Waals surface area contributed by atoms with Crippen LogP contribution in [0.15, 0.2) is 30.5 Å². The number of aromatic nitrogens is 1. The van der Waals surface area contributed by atoms with Crippen molar-refractivity contribution < 1.29 is 9.18 Å². The molecule has 0 unspecified atom stereocenters. The van der Waals surface area contributed by atoms with E-state index in [9.17, 15) is 9.18 Å². The Balaban J connectivity index is 2.33. The number of rotatable bonds is 5. The molecule has 1 heterocycles. The van der Waals surface area contributed by atoms with Crippen LogP contribution in [0.25, 0.3) is 10.9 Å². The molecule has 2 aromatic rings. The molecule has 2 rings (SSSR count). The van der Waals surface area contributed by atoms with Crippen molar-refractivity contribution >= 4 is 17.2 Å². The quantitative estimate of drug-likeness (QED) is 0.559. The smallest absolute Gasteiger partial charge is 0.152 e. The Morgan fingerprint density at radius 3 is 2.81 bits per heavy atom. The van der Waals surface area contributed by atoms with Gasteiger partial charge in [-0.3, -0.25) is 9.18 Å². The number of carbonyl (C=O) groups excluding carboxylic acids is 1. The predicted octanol–water partition coefficient (Wildman–Crippen LogP) is 3.20. The van der Waals surface area contributed by atoms with E-state index in [1.807, 2.05) is 35.0 Å². The molecule has 0 bridgehead atoms. The molecule has 84 valence electrons. The van der Waals surface area contributed by atoms with Gasteiger partial charge in [0, 0.05) is 29.2 Å². The number of hydrogen-bond donors (Lipinski definition) is 0. The van der Waals surface area contributed by atoms with Crippen LogP contribution in [-0.4, -0.2) is 17.5 Å². The van der Waals surface area contributed by atoms with E-state index in [2.05, 4.69) is 0 Å². The number of unbranched alkanes of at least 4 members (excludes halogenated alkanes) is 1. The summed E-state index contributed by atoms with van der Waals surface area (Å²) in [6, 6.07) is 7.78. The van der Waals surface area contributed by atoms with Crippen LogP contribution in [0.2, 0.25) is 0 Å². The first-order valence-electron chi connectivity index (χ1n) is 5.46. The van der Waals surface area contributed by atoms with Gasteiger partial charge in [-0.25, -0.2) is 0 Å². The highest BCUT2D eigenvalue weighted by atomic mass is 19.1. The van der Waals surface area contributed by atoms with Gasteiger partial charge in [0.15, 0.2) is 6.29 Å². The van der Waals surface area contributed by atoms with Crippen molar-refractivity contribution in [1.29, 1.82) is 0 Å².